The molecule has 0 aliphatic heterocycles. The molecular weight excluding hydrogens is 180 g/mol. The molecule has 0 aromatic rings. The number of unbranched alkanes of at least 4 members (excludes halogenated alkanes) is 1. The minimum atomic E-state index is 0.767. The van der Waals surface area contributed by atoms with E-state index >= 15 is 0 Å². The fourth-order valence-electron chi connectivity index (χ4n) is 2.07. The molecule has 0 heteroatoms. The Morgan fingerprint density at radius 3 is 2.73 bits per heavy atom. The van der Waals surface area contributed by atoms with E-state index in [4.69, 9.17) is 0 Å². The van der Waals surface area contributed by atoms with Crippen molar-refractivity contribution in [1.29, 1.82) is 0 Å². The van der Waals surface area contributed by atoms with Crippen LogP contribution in [0.25, 0.3) is 0 Å². The van der Waals surface area contributed by atoms with Crippen LogP contribution in [0.15, 0.2) is 35.5 Å². The second-order valence-corrected chi connectivity index (χ2v) is 4.53. The van der Waals surface area contributed by atoms with Crippen LogP contribution < -0.4 is 0 Å². The molecule has 1 aliphatic carbocycles. The average molecular weight is 204 g/mol. The van der Waals surface area contributed by atoms with E-state index in [2.05, 4.69) is 45.1 Å². The van der Waals surface area contributed by atoms with Gasteiger partial charge in [-0.1, -0.05) is 56.6 Å². The molecule has 1 rings (SSSR count). The van der Waals surface area contributed by atoms with Gasteiger partial charge in [0.15, 0.2) is 0 Å². The standard InChI is InChI=1S/C15H24/c1-4-6-9-14(5-2)15-10-7-8-13(3)11-12-15/h7,10-12,14H,4-6,8-9H2,1-3H3. The van der Waals surface area contributed by atoms with Crippen LogP contribution in [-0.4, -0.2) is 0 Å². The lowest BCUT2D eigenvalue weighted by Crippen LogP contribution is -2.01. The van der Waals surface area contributed by atoms with E-state index in [1.54, 1.807) is 0 Å². The SMILES string of the molecule is CCCCC(CC)C1=CC=C(C)CC=C1. The molecule has 0 N–H and O–H groups in total. The summed E-state index contributed by atoms with van der Waals surface area (Å²) in [5, 5.41) is 0. The first kappa shape index (κ1) is 12.3. The average Bonchev–Trinajstić information content (AvgIpc) is 2.45. The molecule has 0 radical (unpaired) electrons. The van der Waals surface area contributed by atoms with Crippen molar-refractivity contribution in [3.8, 4) is 0 Å². The Morgan fingerprint density at radius 2 is 2.07 bits per heavy atom. The van der Waals surface area contributed by atoms with Gasteiger partial charge >= 0.3 is 0 Å². The summed E-state index contributed by atoms with van der Waals surface area (Å²) in [6, 6.07) is 0. The smallest absolute Gasteiger partial charge is 0.0135 e. The minimum absolute atomic E-state index is 0.767. The van der Waals surface area contributed by atoms with Gasteiger partial charge in [0.05, 0.1) is 0 Å². The lowest BCUT2D eigenvalue weighted by atomic mass is 9.90. The van der Waals surface area contributed by atoms with Crippen LogP contribution in [0.2, 0.25) is 0 Å². The van der Waals surface area contributed by atoms with Crippen molar-refractivity contribution in [3.05, 3.63) is 35.5 Å². The fraction of sp³-hybridized carbons (Fsp3) is 0.600. The topological polar surface area (TPSA) is 0 Å². The summed E-state index contributed by atoms with van der Waals surface area (Å²) in [6.45, 7) is 6.78. The van der Waals surface area contributed by atoms with Gasteiger partial charge in [-0.25, -0.2) is 0 Å². The predicted octanol–water partition coefficient (Wildman–Crippen LogP) is 5.04. The summed E-state index contributed by atoms with van der Waals surface area (Å²) in [4.78, 5) is 0. The molecule has 0 heterocycles. The minimum Gasteiger partial charge on any atom is -0.0802 e. The first-order chi connectivity index (χ1) is 7.27. The zero-order valence-corrected chi connectivity index (χ0v) is 10.4. The Bertz CT molecular complexity index is 266. The molecule has 1 atom stereocenters. The molecule has 0 nitrogen and oxygen atoms in total. The zero-order valence-electron chi connectivity index (χ0n) is 10.4. The Labute approximate surface area is 94.8 Å². The number of hydrogen-bond acceptors (Lipinski definition) is 0. The van der Waals surface area contributed by atoms with Crippen molar-refractivity contribution in [3.63, 3.8) is 0 Å². The molecular formula is C15H24. The Balaban J connectivity index is 2.66. The van der Waals surface area contributed by atoms with E-state index in [-0.39, 0.29) is 0 Å². The maximum absolute atomic E-state index is 2.33. The van der Waals surface area contributed by atoms with Crippen molar-refractivity contribution < 1.29 is 0 Å². The highest BCUT2D eigenvalue weighted by atomic mass is 14.1. The molecule has 0 aromatic carbocycles. The van der Waals surface area contributed by atoms with Crippen LogP contribution in [-0.2, 0) is 0 Å². The summed E-state index contributed by atoms with van der Waals surface area (Å²) < 4.78 is 0. The Morgan fingerprint density at radius 1 is 1.27 bits per heavy atom. The Hall–Kier alpha value is -0.780. The maximum Gasteiger partial charge on any atom is -0.0135 e. The predicted molar refractivity (Wildman–Crippen MR) is 68.9 cm³/mol. The monoisotopic (exact) mass is 204 g/mol. The fourth-order valence-corrected chi connectivity index (χ4v) is 2.07. The molecule has 0 aromatic heterocycles. The molecule has 1 aliphatic rings. The van der Waals surface area contributed by atoms with Gasteiger partial charge < -0.3 is 0 Å². The largest absolute Gasteiger partial charge is 0.0802 e. The van der Waals surface area contributed by atoms with Crippen LogP contribution in [0, 0.1) is 5.92 Å². The van der Waals surface area contributed by atoms with E-state index < -0.39 is 0 Å². The van der Waals surface area contributed by atoms with Crippen LogP contribution in [0.3, 0.4) is 0 Å². The third-order valence-corrected chi connectivity index (χ3v) is 3.18. The third-order valence-electron chi connectivity index (χ3n) is 3.18. The first-order valence-corrected chi connectivity index (χ1v) is 6.31. The summed E-state index contributed by atoms with van der Waals surface area (Å²) in [5.41, 5.74) is 2.99. The van der Waals surface area contributed by atoms with Crippen LogP contribution in [0.1, 0.15) is 52.9 Å². The molecule has 0 amide bonds. The maximum atomic E-state index is 2.33. The van der Waals surface area contributed by atoms with Gasteiger partial charge in [0.1, 0.15) is 0 Å². The van der Waals surface area contributed by atoms with Crippen molar-refractivity contribution in [2.75, 3.05) is 0 Å². The van der Waals surface area contributed by atoms with Gasteiger partial charge in [-0.05, 0) is 37.7 Å². The van der Waals surface area contributed by atoms with Gasteiger partial charge in [-0.3, -0.25) is 0 Å². The van der Waals surface area contributed by atoms with Crippen LogP contribution in [0.4, 0.5) is 0 Å². The number of rotatable bonds is 5. The normalized spacial score (nSPS) is 18.1. The van der Waals surface area contributed by atoms with Gasteiger partial charge in [-0.15, -0.1) is 0 Å². The first-order valence-electron chi connectivity index (χ1n) is 6.31. The van der Waals surface area contributed by atoms with E-state index in [0.717, 1.165) is 12.3 Å². The van der Waals surface area contributed by atoms with Crippen LogP contribution >= 0.6 is 0 Å². The highest BCUT2D eigenvalue weighted by molar-refractivity contribution is 5.31. The van der Waals surface area contributed by atoms with Crippen molar-refractivity contribution in [2.45, 2.75) is 52.9 Å². The summed E-state index contributed by atoms with van der Waals surface area (Å²) in [7, 11) is 0. The van der Waals surface area contributed by atoms with Gasteiger partial charge in [0.2, 0.25) is 0 Å². The second-order valence-electron chi connectivity index (χ2n) is 4.53. The van der Waals surface area contributed by atoms with Crippen LogP contribution in [0.5, 0.6) is 0 Å². The van der Waals surface area contributed by atoms with Crippen molar-refractivity contribution >= 4 is 0 Å². The molecule has 0 saturated carbocycles. The van der Waals surface area contributed by atoms with Gasteiger partial charge in [0, 0.05) is 0 Å². The van der Waals surface area contributed by atoms with Crippen molar-refractivity contribution in [1.82, 2.24) is 0 Å². The summed E-state index contributed by atoms with van der Waals surface area (Å²) in [5.74, 6) is 0.767. The Kier molecular flexibility index (Phi) is 5.45. The summed E-state index contributed by atoms with van der Waals surface area (Å²) in [6.07, 6.45) is 15.6. The molecule has 0 saturated heterocycles. The van der Waals surface area contributed by atoms with E-state index in [0.29, 0.717) is 0 Å². The van der Waals surface area contributed by atoms with E-state index in [1.807, 2.05) is 0 Å². The molecule has 0 bridgehead atoms. The summed E-state index contributed by atoms with van der Waals surface area (Å²) >= 11 is 0. The highest BCUT2D eigenvalue weighted by Gasteiger charge is 2.09. The van der Waals surface area contributed by atoms with E-state index in [9.17, 15) is 0 Å². The number of allylic oxidation sites excluding steroid dienone is 6. The van der Waals surface area contributed by atoms with Gasteiger partial charge in [-0.2, -0.15) is 0 Å². The zero-order chi connectivity index (χ0) is 11.1. The highest BCUT2D eigenvalue weighted by Crippen LogP contribution is 2.25. The molecule has 15 heavy (non-hydrogen) atoms. The second kappa shape index (κ2) is 6.66. The number of hydrogen-bond donors (Lipinski definition) is 0. The lowest BCUT2D eigenvalue weighted by Gasteiger charge is -2.15. The third kappa shape index (κ3) is 4.07. The molecule has 1 unspecified atom stereocenters. The molecule has 0 fully saturated rings. The van der Waals surface area contributed by atoms with E-state index in [1.165, 1.54) is 36.8 Å². The van der Waals surface area contributed by atoms with Crippen molar-refractivity contribution in [2.24, 2.45) is 5.92 Å². The molecule has 0 spiro atoms. The quantitative estimate of drug-likeness (QED) is 0.589. The lowest BCUT2D eigenvalue weighted by molar-refractivity contribution is 0.523. The molecule has 84 valence electrons. The van der Waals surface area contributed by atoms with Gasteiger partial charge in [0.25, 0.3) is 0 Å².